The number of thiazole rings is 1. The van der Waals surface area contributed by atoms with Crippen LogP contribution in [-0.2, 0) is 16.9 Å². The van der Waals surface area contributed by atoms with Crippen molar-refractivity contribution in [2.24, 2.45) is 5.73 Å². The van der Waals surface area contributed by atoms with E-state index in [1.807, 2.05) is 32.0 Å². The van der Waals surface area contributed by atoms with Crippen molar-refractivity contribution >= 4 is 11.3 Å². The predicted molar refractivity (Wildman–Crippen MR) is 75.5 cm³/mol. The van der Waals surface area contributed by atoms with Crippen molar-refractivity contribution in [2.75, 3.05) is 7.11 Å². The highest BCUT2D eigenvalue weighted by Crippen LogP contribution is 2.34. The summed E-state index contributed by atoms with van der Waals surface area (Å²) >= 11 is 1.62. The minimum absolute atomic E-state index is 0.373. The molecule has 0 unspecified atom stereocenters. The number of hydrogen-bond donors (Lipinski definition) is 1. The zero-order valence-corrected chi connectivity index (χ0v) is 11.8. The zero-order chi connectivity index (χ0) is 13.2. The van der Waals surface area contributed by atoms with Crippen LogP contribution in [0.1, 0.15) is 23.7 Å². The molecule has 1 aromatic heterocycles. The van der Waals surface area contributed by atoms with Gasteiger partial charge in [0, 0.05) is 24.1 Å². The fourth-order valence-electron chi connectivity index (χ4n) is 1.66. The monoisotopic (exact) mass is 262 g/mol. The van der Waals surface area contributed by atoms with Gasteiger partial charge in [0.25, 0.3) is 0 Å². The van der Waals surface area contributed by atoms with Gasteiger partial charge in [-0.2, -0.15) is 0 Å². The van der Waals surface area contributed by atoms with Crippen LogP contribution in [0.5, 0.6) is 0 Å². The fraction of sp³-hybridized carbons (Fsp3) is 0.357. The molecule has 0 aliphatic carbocycles. The van der Waals surface area contributed by atoms with E-state index in [2.05, 4.69) is 12.1 Å². The number of nitrogens with zero attached hydrogens (tertiary/aromatic N) is 1. The number of methoxy groups -OCH3 is 1. The Balaban J connectivity index is 2.49. The summed E-state index contributed by atoms with van der Waals surface area (Å²) in [5.41, 5.74) is 7.52. The van der Waals surface area contributed by atoms with Gasteiger partial charge in [0.1, 0.15) is 10.6 Å². The molecule has 0 aliphatic heterocycles. The second-order valence-electron chi connectivity index (χ2n) is 4.58. The SMILES string of the molecule is COC(C)(C)c1nc(-c2ccccc2)c(CN)s1. The van der Waals surface area contributed by atoms with Crippen molar-refractivity contribution in [1.82, 2.24) is 4.98 Å². The number of benzene rings is 1. The summed E-state index contributed by atoms with van der Waals surface area (Å²) in [6.45, 7) is 4.53. The molecule has 1 aromatic carbocycles. The highest BCUT2D eigenvalue weighted by Gasteiger charge is 2.25. The average Bonchev–Trinajstić information content (AvgIpc) is 2.84. The van der Waals surface area contributed by atoms with Gasteiger partial charge >= 0.3 is 0 Å². The van der Waals surface area contributed by atoms with Crippen LogP contribution in [0.4, 0.5) is 0 Å². The Morgan fingerprint density at radius 2 is 1.94 bits per heavy atom. The van der Waals surface area contributed by atoms with Crippen LogP contribution in [0.3, 0.4) is 0 Å². The fourth-order valence-corrected chi connectivity index (χ4v) is 2.70. The van der Waals surface area contributed by atoms with Crippen molar-refractivity contribution < 1.29 is 4.74 Å². The smallest absolute Gasteiger partial charge is 0.125 e. The molecule has 2 N–H and O–H groups in total. The van der Waals surface area contributed by atoms with E-state index < -0.39 is 0 Å². The van der Waals surface area contributed by atoms with Crippen molar-refractivity contribution in [3.05, 3.63) is 40.2 Å². The second kappa shape index (κ2) is 5.18. The van der Waals surface area contributed by atoms with Gasteiger partial charge in [-0.1, -0.05) is 30.3 Å². The molecule has 0 radical (unpaired) electrons. The Kier molecular flexibility index (Phi) is 3.80. The molecule has 0 atom stereocenters. The van der Waals surface area contributed by atoms with E-state index in [0.717, 1.165) is 21.1 Å². The molecule has 4 heteroatoms. The van der Waals surface area contributed by atoms with E-state index in [0.29, 0.717) is 6.54 Å². The summed E-state index contributed by atoms with van der Waals surface area (Å²) in [4.78, 5) is 5.81. The van der Waals surface area contributed by atoms with Crippen LogP contribution in [0.15, 0.2) is 30.3 Å². The molecule has 2 aromatic rings. The molecule has 3 nitrogen and oxygen atoms in total. The molecule has 96 valence electrons. The zero-order valence-electron chi connectivity index (χ0n) is 10.9. The predicted octanol–water partition coefficient (Wildman–Crippen LogP) is 3.15. The van der Waals surface area contributed by atoms with E-state index in [-0.39, 0.29) is 5.60 Å². The molecule has 0 saturated heterocycles. The van der Waals surface area contributed by atoms with Gasteiger partial charge in [-0.3, -0.25) is 0 Å². The number of hydrogen-bond acceptors (Lipinski definition) is 4. The molecular formula is C14H18N2OS. The quantitative estimate of drug-likeness (QED) is 0.920. The minimum Gasteiger partial charge on any atom is -0.372 e. The van der Waals surface area contributed by atoms with Gasteiger partial charge in [-0.15, -0.1) is 11.3 Å². The van der Waals surface area contributed by atoms with E-state index in [1.165, 1.54) is 0 Å². The third-order valence-corrected chi connectivity index (χ3v) is 4.34. The van der Waals surface area contributed by atoms with Crippen LogP contribution < -0.4 is 5.73 Å². The van der Waals surface area contributed by atoms with E-state index in [4.69, 9.17) is 15.5 Å². The normalized spacial score (nSPS) is 11.8. The Bertz CT molecular complexity index is 520. The maximum atomic E-state index is 5.82. The second-order valence-corrected chi connectivity index (χ2v) is 5.66. The molecule has 1 heterocycles. The maximum absolute atomic E-state index is 5.82. The third-order valence-electron chi connectivity index (χ3n) is 2.96. The number of ether oxygens (including phenoxy) is 1. The lowest BCUT2D eigenvalue weighted by Crippen LogP contribution is -2.18. The average molecular weight is 262 g/mol. The van der Waals surface area contributed by atoms with Gasteiger partial charge in [0.15, 0.2) is 0 Å². The van der Waals surface area contributed by atoms with E-state index in [9.17, 15) is 0 Å². The van der Waals surface area contributed by atoms with Gasteiger partial charge in [0.2, 0.25) is 0 Å². The number of aromatic nitrogens is 1. The van der Waals surface area contributed by atoms with E-state index >= 15 is 0 Å². The standard InChI is InChI=1S/C14H18N2OS/c1-14(2,17-3)13-16-12(11(9-15)18-13)10-7-5-4-6-8-10/h4-8H,9,15H2,1-3H3. The van der Waals surface area contributed by atoms with Crippen LogP contribution >= 0.6 is 11.3 Å². The Labute approximate surface area is 112 Å². The van der Waals surface area contributed by atoms with E-state index in [1.54, 1.807) is 18.4 Å². The third kappa shape index (κ3) is 2.46. The van der Waals surface area contributed by atoms with Crippen molar-refractivity contribution in [3.63, 3.8) is 0 Å². The Morgan fingerprint density at radius 1 is 1.28 bits per heavy atom. The van der Waals surface area contributed by atoms with Gasteiger partial charge < -0.3 is 10.5 Å². The first kappa shape index (κ1) is 13.2. The highest BCUT2D eigenvalue weighted by atomic mass is 32.1. The number of nitrogens with two attached hydrogens (primary N) is 1. The van der Waals surface area contributed by atoms with Crippen LogP contribution in [0.25, 0.3) is 11.3 Å². The lowest BCUT2D eigenvalue weighted by Gasteiger charge is -2.19. The van der Waals surface area contributed by atoms with Crippen molar-refractivity contribution in [3.8, 4) is 11.3 Å². The first-order valence-electron chi connectivity index (χ1n) is 5.89. The molecular weight excluding hydrogens is 244 g/mol. The van der Waals surface area contributed by atoms with Crippen molar-refractivity contribution in [2.45, 2.75) is 26.0 Å². The summed E-state index contributed by atoms with van der Waals surface area (Å²) < 4.78 is 5.48. The maximum Gasteiger partial charge on any atom is 0.125 e. The van der Waals surface area contributed by atoms with Crippen LogP contribution in [-0.4, -0.2) is 12.1 Å². The Hall–Kier alpha value is -1.23. The molecule has 0 saturated carbocycles. The van der Waals surface area contributed by atoms with Gasteiger partial charge in [-0.05, 0) is 13.8 Å². The topological polar surface area (TPSA) is 48.1 Å². The minimum atomic E-state index is -0.373. The molecule has 2 rings (SSSR count). The molecule has 0 aliphatic rings. The first-order chi connectivity index (χ1) is 8.58. The largest absolute Gasteiger partial charge is 0.372 e. The summed E-state index contributed by atoms with van der Waals surface area (Å²) in [5, 5.41) is 0.962. The first-order valence-corrected chi connectivity index (χ1v) is 6.71. The molecule has 0 bridgehead atoms. The lowest BCUT2D eigenvalue weighted by atomic mass is 10.1. The van der Waals surface area contributed by atoms with Crippen molar-refractivity contribution in [1.29, 1.82) is 0 Å². The Morgan fingerprint density at radius 3 is 2.50 bits per heavy atom. The molecule has 0 fully saturated rings. The lowest BCUT2D eigenvalue weighted by molar-refractivity contribution is 0.0191. The number of rotatable bonds is 4. The summed E-state index contributed by atoms with van der Waals surface area (Å²) in [6, 6.07) is 10.1. The van der Waals surface area contributed by atoms with Crippen LogP contribution in [0, 0.1) is 0 Å². The van der Waals surface area contributed by atoms with Gasteiger partial charge in [-0.25, -0.2) is 4.98 Å². The molecule has 0 spiro atoms. The molecule has 0 amide bonds. The van der Waals surface area contributed by atoms with Crippen LogP contribution in [0.2, 0.25) is 0 Å². The van der Waals surface area contributed by atoms with Gasteiger partial charge in [0.05, 0.1) is 5.69 Å². The summed E-state index contributed by atoms with van der Waals surface area (Å²) in [6.07, 6.45) is 0. The molecule has 18 heavy (non-hydrogen) atoms. The summed E-state index contributed by atoms with van der Waals surface area (Å²) in [5.74, 6) is 0. The summed E-state index contributed by atoms with van der Waals surface area (Å²) in [7, 11) is 1.70. The highest BCUT2D eigenvalue weighted by molar-refractivity contribution is 7.12.